The van der Waals surface area contributed by atoms with Crippen LogP contribution in [0.1, 0.15) is 16.2 Å². The van der Waals surface area contributed by atoms with Gasteiger partial charge in [-0.05, 0) is 19.1 Å². The second-order valence-electron chi connectivity index (χ2n) is 3.12. The Morgan fingerprint density at radius 3 is 2.69 bits per heavy atom. The zero-order chi connectivity index (χ0) is 11.5. The lowest BCUT2D eigenvalue weighted by atomic mass is 10.4. The van der Waals surface area contributed by atoms with Gasteiger partial charge in [0, 0.05) is 12.4 Å². The van der Waals surface area contributed by atoms with Crippen molar-refractivity contribution in [2.24, 2.45) is 0 Å². The Kier molecular flexibility index (Phi) is 2.63. The number of carbonyl (C=O) groups is 1. The van der Waals surface area contributed by atoms with Crippen LogP contribution in [0.15, 0.2) is 24.5 Å². The van der Waals surface area contributed by atoms with E-state index in [4.69, 9.17) is 0 Å². The van der Waals surface area contributed by atoms with Gasteiger partial charge in [-0.1, -0.05) is 0 Å². The van der Waals surface area contributed by atoms with Crippen molar-refractivity contribution in [2.75, 3.05) is 7.11 Å². The summed E-state index contributed by atoms with van der Waals surface area (Å²) in [6.07, 6.45) is 3.17. The molecule has 0 aliphatic rings. The lowest BCUT2D eigenvalue weighted by Crippen LogP contribution is -2.12. The molecule has 0 fully saturated rings. The van der Waals surface area contributed by atoms with Crippen molar-refractivity contribution in [3.63, 3.8) is 0 Å². The quantitative estimate of drug-likeness (QED) is 0.696. The minimum Gasteiger partial charge on any atom is -0.464 e. The van der Waals surface area contributed by atoms with Crippen molar-refractivity contribution in [2.45, 2.75) is 6.92 Å². The lowest BCUT2D eigenvalue weighted by molar-refractivity contribution is 0.0590. The van der Waals surface area contributed by atoms with Gasteiger partial charge >= 0.3 is 5.97 Å². The highest BCUT2D eigenvalue weighted by Gasteiger charge is 2.16. The molecule has 6 heteroatoms. The summed E-state index contributed by atoms with van der Waals surface area (Å²) < 4.78 is 6.02. The molecule has 0 saturated carbocycles. The van der Waals surface area contributed by atoms with Gasteiger partial charge in [-0.15, -0.1) is 0 Å². The third-order valence-corrected chi connectivity index (χ3v) is 1.97. The Morgan fingerprint density at radius 2 is 2.06 bits per heavy atom. The Balaban J connectivity index is 2.53. The van der Waals surface area contributed by atoms with E-state index in [2.05, 4.69) is 19.8 Å². The van der Waals surface area contributed by atoms with Crippen LogP contribution in [-0.2, 0) is 4.74 Å². The van der Waals surface area contributed by atoms with Crippen molar-refractivity contribution in [1.82, 2.24) is 19.7 Å². The predicted octanol–water partition coefficient (Wildman–Crippen LogP) is 0.757. The normalized spacial score (nSPS) is 10.1. The van der Waals surface area contributed by atoms with Crippen LogP contribution in [0, 0.1) is 6.92 Å². The molecule has 0 N–H and O–H groups in total. The van der Waals surface area contributed by atoms with E-state index in [-0.39, 0.29) is 0 Å². The minimum absolute atomic E-state index is 0.311. The van der Waals surface area contributed by atoms with Gasteiger partial charge in [-0.25, -0.2) is 14.8 Å². The third-order valence-electron chi connectivity index (χ3n) is 1.97. The van der Waals surface area contributed by atoms with Gasteiger partial charge in [0.15, 0.2) is 5.69 Å². The summed E-state index contributed by atoms with van der Waals surface area (Å²) in [4.78, 5) is 19.5. The van der Waals surface area contributed by atoms with Crippen LogP contribution in [0.3, 0.4) is 0 Å². The molecule has 2 heterocycles. The highest BCUT2D eigenvalue weighted by Crippen LogP contribution is 2.09. The fourth-order valence-corrected chi connectivity index (χ4v) is 1.30. The van der Waals surface area contributed by atoms with Crippen LogP contribution in [0.5, 0.6) is 0 Å². The number of aryl methyl sites for hydroxylation is 1. The van der Waals surface area contributed by atoms with E-state index in [1.807, 2.05) is 0 Å². The van der Waals surface area contributed by atoms with E-state index in [1.165, 1.54) is 11.8 Å². The predicted molar refractivity (Wildman–Crippen MR) is 55.2 cm³/mol. The second-order valence-corrected chi connectivity index (χ2v) is 3.12. The smallest absolute Gasteiger partial charge is 0.356 e. The maximum Gasteiger partial charge on any atom is 0.356 e. The Labute approximate surface area is 91.9 Å². The first-order chi connectivity index (χ1) is 7.72. The molecule has 0 aromatic carbocycles. The van der Waals surface area contributed by atoms with Gasteiger partial charge in [0.25, 0.3) is 5.95 Å². The first kappa shape index (κ1) is 10.3. The van der Waals surface area contributed by atoms with E-state index in [0.29, 0.717) is 17.3 Å². The first-order valence-corrected chi connectivity index (χ1v) is 4.64. The largest absolute Gasteiger partial charge is 0.464 e. The molecule has 2 aromatic rings. The van der Waals surface area contributed by atoms with Crippen molar-refractivity contribution in [3.05, 3.63) is 35.9 Å². The number of esters is 1. The molecule has 2 rings (SSSR count). The Hall–Kier alpha value is -2.24. The zero-order valence-corrected chi connectivity index (χ0v) is 8.91. The molecule has 16 heavy (non-hydrogen) atoms. The van der Waals surface area contributed by atoms with Crippen molar-refractivity contribution in [1.29, 1.82) is 0 Å². The molecular weight excluding hydrogens is 208 g/mol. The van der Waals surface area contributed by atoms with Gasteiger partial charge in [0.05, 0.1) is 12.8 Å². The van der Waals surface area contributed by atoms with Crippen molar-refractivity contribution in [3.8, 4) is 5.95 Å². The number of carbonyl (C=O) groups excluding carboxylic acids is 1. The molecule has 6 nitrogen and oxygen atoms in total. The number of hydrogen-bond donors (Lipinski definition) is 0. The number of methoxy groups -OCH3 is 1. The van der Waals surface area contributed by atoms with Crippen molar-refractivity contribution < 1.29 is 9.53 Å². The summed E-state index contributed by atoms with van der Waals surface area (Å²) in [5.74, 6) is -0.121. The summed E-state index contributed by atoms with van der Waals surface area (Å²) in [5.41, 5.74) is 1.01. The SMILES string of the molecule is COC(=O)c1cc(C)nn1-c1ncccn1. The zero-order valence-electron chi connectivity index (χ0n) is 8.91. The van der Waals surface area contributed by atoms with Crippen LogP contribution in [0.2, 0.25) is 0 Å². The first-order valence-electron chi connectivity index (χ1n) is 4.64. The molecule has 0 aliphatic heterocycles. The minimum atomic E-state index is -0.465. The van der Waals surface area contributed by atoms with E-state index in [1.54, 1.807) is 31.5 Å². The number of hydrogen-bond acceptors (Lipinski definition) is 5. The molecule has 2 aromatic heterocycles. The fourth-order valence-electron chi connectivity index (χ4n) is 1.30. The molecule has 0 amide bonds. The van der Waals surface area contributed by atoms with E-state index in [0.717, 1.165) is 0 Å². The second kappa shape index (κ2) is 4.09. The maximum absolute atomic E-state index is 11.5. The van der Waals surface area contributed by atoms with Gasteiger partial charge in [0.2, 0.25) is 0 Å². The van der Waals surface area contributed by atoms with Gasteiger partial charge in [-0.3, -0.25) is 0 Å². The number of aromatic nitrogens is 4. The monoisotopic (exact) mass is 218 g/mol. The summed E-state index contributed by atoms with van der Waals surface area (Å²) >= 11 is 0. The molecular formula is C10H10N4O2. The number of nitrogens with zero attached hydrogens (tertiary/aromatic N) is 4. The lowest BCUT2D eigenvalue weighted by Gasteiger charge is -2.02. The van der Waals surface area contributed by atoms with Crippen LogP contribution in [0.4, 0.5) is 0 Å². The molecule has 0 spiro atoms. The molecule has 0 atom stereocenters. The van der Waals surface area contributed by atoms with Crippen molar-refractivity contribution >= 4 is 5.97 Å². The summed E-state index contributed by atoms with van der Waals surface area (Å²) in [6.45, 7) is 1.78. The van der Waals surface area contributed by atoms with E-state index >= 15 is 0 Å². The molecule has 0 unspecified atom stereocenters. The van der Waals surface area contributed by atoms with Crippen LogP contribution < -0.4 is 0 Å². The third kappa shape index (κ3) is 1.77. The summed E-state index contributed by atoms with van der Waals surface area (Å²) in [6, 6.07) is 3.32. The van der Waals surface area contributed by atoms with Crippen LogP contribution >= 0.6 is 0 Å². The highest BCUT2D eigenvalue weighted by molar-refractivity contribution is 5.88. The average molecular weight is 218 g/mol. The maximum atomic E-state index is 11.5. The molecule has 82 valence electrons. The summed E-state index contributed by atoms with van der Waals surface area (Å²) in [5, 5.41) is 4.14. The van der Waals surface area contributed by atoms with Crippen LogP contribution in [0.25, 0.3) is 5.95 Å². The Morgan fingerprint density at radius 1 is 1.38 bits per heavy atom. The topological polar surface area (TPSA) is 69.9 Å². The molecule has 0 radical (unpaired) electrons. The average Bonchev–Trinajstić information content (AvgIpc) is 2.71. The number of rotatable bonds is 2. The van der Waals surface area contributed by atoms with E-state index < -0.39 is 5.97 Å². The van der Waals surface area contributed by atoms with Crippen LogP contribution in [-0.4, -0.2) is 32.8 Å². The number of ether oxygens (including phenoxy) is 1. The molecule has 0 saturated heterocycles. The summed E-state index contributed by atoms with van der Waals surface area (Å²) in [7, 11) is 1.32. The van der Waals surface area contributed by atoms with Gasteiger partial charge in [0.1, 0.15) is 0 Å². The van der Waals surface area contributed by atoms with Gasteiger partial charge < -0.3 is 4.74 Å². The standard InChI is InChI=1S/C10H10N4O2/c1-7-6-8(9(15)16-2)14(13-7)10-11-4-3-5-12-10/h3-6H,1-2H3. The Bertz CT molecular complexity index is 507. The molecule has 0 aliphatic carbocycles. The van der Waals surface area contributed by atoms with E-state index in [9.17, 15) is 4.79 Å². The molecule has 0 bridgehead atoms. The highest BCUT2D eigenvalue weighted by atomic mass is 16.5. The fraction of sp³-hybridized carbons (Fsp3) is 0.200. The van der Waals surface area contributed by atoms with Gasteiger partial charge in [-0.2, -0.15) is 9.78 Å².